The Balaban J connectivity index is 1.20. The van der Waals surface area contributed by atoms with Crippen molar-refractivity contribution < 1.29 is 9.53 Å². The predicted octanol–water partition coefficient (Wildman–Crippen LogP) is 3.09. The van der Waals surface area contributed by atoms with Gasteiger partial charge in [0.05, 0.1) is 25.3 Å². The third-order valence-electron chi connectivity index (χ3n) is 7.04. The minimum Gasteiger partial charge on any atom is -0.383 e. The summed E-state index contributed by atoms with van der Waals surface area (Å²) in [5.41, 5.74) is 4.36. The first-order chi connectivity index (χ1) is 16.2. The molecule has 7 heteroatoms. The first kappa shape index (κ1) is 21.8. The average Bonchev–Trinajstić information content (AvgIpc) is 3.33. The van der Waals surface area contributed by atoms with Crippen molar-refractivity contribution in [3.63, 3.8) is 0 Å². The molecule has 4 atom stereocenters. The van der Waals surface area contributed by atoms with Crippen molar-refractivity contribution in [2.45, 2.75) is 25.4 Å². The fraction of sp³-hybridized carbons (Fsp3) is 0.423. The van der Waals surface area contributed by atoms with Crippen LogP contribution in [0.15, 0.2) is 60.8 Å². The van der Waals surface area contributed by atoms with Gasteiger partial charge in [-0.1, -0.05) is 59.8 Å². The SMILES string of the molecule is COCCNC(=O)C1CN2CCC1CC2Cn1cc(-c2ccc(-c3ccccc3)cc2)nn1. The van der Waals surface area contributed by atoms with E-state index in [9.17, 15) is 4.79 Å². The van der Waals surface area contributed by atoms with E-state index < -0.39 is 0 Å². The largest absolute Gasteiger partial charge is 0.383 e. The van der Waals surface area contributed by atoms with Crippen LogP contribution in [0.3, 0.4) is 0 Å². The van der Waals surface area contributed by atoms with Gasteiger partial charge in [0, 0.05) is 31.8 Å². The highest BCUT2D eigenvalue weighted by molar-refractivity contribution is 5.79. The van der Waals surface area contributed by atoms with E-state index in [1.54, 1.807) is 7.11 Å². The van der Waals surface area contributed by atoms with E-state index in [4.69, 9.17) is 4.74 Å². The number of ether oxygens (including phenoxy) is 1. The van der Waals surface area contributed by atoms with Crippen LogP contribution in [0, 0.1) is 11.8 Å². The van der Waals surface area contributed by atoms with Crippen molar-refractivity contribution in [3.8, 4) is 22.4 Å². The van der Waals surface area contributed by atoms with Crippen molar-refractivity contribution in [3.05, 3.63) is 60.8 Å². The molecule has 3 fully saturated rings. The summed E-state index contributed by atoms with van der Waals surface area (Å²) in [5.74, 6) is 0.694. The minimum atomic E-state index is 0.0845. The lowest BCUT2D eigenvalue weighted by molar-refractivity contribution is -0.133. The number of benzene rings is 2. The number of methoxy groups -OCH3 is 1. The number of carbonyl (C=O) groups excluding carboxylic acids is 1. The third-order valence-corrected chi connectivity index (χ3v) is 7.04. The second-order valence-corrected chi connectivity index (χ2v) is 9.09. The molecule has 172 valence electrons. The molecule has 3 aromatic rings. The van der Waals surface area contributed by atoms with Crippen molar-refractivity contribution in [2.24, 2.45) is 11.8 Å². The molecule has 33 heavy (non-hydrogen) atoms. The van der Waals surface area contributed by atoms with Gasteiger partial charge in [0.2, 0.25) is 5.91 Å². The first-order valence-electron chi connectivity index (χ1n) is 11.8. The Bertz CT molecular complexity index is 1070. The molecule has 0 spiro atoms. The fourth-order valence-electron chi connectivity index (χ4n) is 5.23. The summed E-state index contributed by atoms with van der Waals surface area (Å²) in [6.07, 6.45) is 4.16. The van der Waals surface area contributed by atoms with Crippen molar-refractivity contribution in [2.75, 3.05) is 33.4 Å². The molecule has 0 saturated carbocycles. The number of nitrogens with one attached hydrogen (secondary N) is 1. The number of carbonyl (C=O) groups is 1. The molecule has 7 nitrogen and oxygen atoms in total. The van der Waals surface area contributed by atoms with E-state index in [1.807, 2.05) is 16.9 Å². The highest BCUT2D eigenvalue weighted by Gasteiger charge is 2.43. The lowest BCUT2D eigenvalue weighted by Crippen LogP contribution is -2.58. The van der Waals surface area contributed by atoms with Crippen LogP contribution >= 0.6 is 0 Å². The highest BCUT2D eigenvalue weighted by Crippen LogP contribution is 2.37. The van der Waals surface area contributed by atoms with Gasteiger partial charge in [-0.05, 0) is 36.4 Å². The van der Waals surface area contributed by atoms with Crippen LogP contribution in [-0.4, -0.2) is 65.2 Å². The molecule has 3 saturated heterocycles. The molecule has 4 unspecified atom stereocenters. The van der Waals surface area contributed by atoms with Gasteiger partial charge < -0.3 is 10.1 Å². The van der Waals surface area contributed by atoms with Crippen LogP contribution in [0.5, 0.6) is 0 Å². The quantitative estimate of drug-likeness (QED) is 0.540. The monoisotopic (exact) mass is 445 g/mol. The summed E-state index contributed by atoms with van der Waals surface area (Å²) in [4.78, 5) is 15.0. The van der Waals surface area contributed by atoms with Gasteiger partial charge in [0.15, 0.2) is 0 Å². The molecule has 1 amide bonds. The van der Waals surface area contributed by atoms with E-state index in [2.05, 4.69) is 69.1 Å². The van der Waals surface area contributed by atoms with E-state index in [-0.39, 0.29) is 11.8 Å². The van der Waals surface area contributed by atoms with Crippen molar-refractivity contribution >= 4 is 5.91 Å². The van der Waals surface area contributed by atoms with E-state index in [0.717, 1.165) is 43.7 Å². The van der Waals surface area contributed by atoms with Gasteiger partial charge in [0.1, 0.15) is 5.69 Å². The number of fused-ring (bicyclic) bond motifs is 3. The van der Waals surface area contributed by atoms with Crippen LogP contribution in [-0.2, 0) is 16.1 Å². The Morgan fingerprint density at radius 3 is 2.58 bits per heavy atom. The average molecular weight is 446 g/mol. The Morgan fingerprint density at radius 1 is 1.09 bits per heavy atom. The summed E-state index contributed by atoms with van der Waals surface area (Å²) < 4.78 is 7.00. The van der Waals surface area contributed by atoms with Gasteiger partial charge in [-0.2, -0.15) is 0 Å². The lowest BCUT2D eigenvalue weighted by Gasteiger charge is -2.49. The maximum Gasteiger partial charge on any atom is 0.224 e. The van der Waals surface area contributed by atoms with Crippen LogP contribution in [0.2, 0.25) is 0 Å². The maximum atomic E-state index is 12.6. The van der Waals surface area contributed by atoms with Gasteiger partial charge in [0.25, 0.3) is 0 Å². The van der Waals surface area contributed by atoms with E-state index in [1.165, 1.54) is 11.1 Å². The molecule has 6 rings (SSSR count). The van der Waals surface area contributed by atoms with Gasteiger partial charge in [-0.25, -0.2) is 0 Å². The van der Waals surface area contributed by atoms with Crippen LogP contribution in [0.25, 0.3) is 22.4 Å². The number of rotatable bonds is 8. The predicted molar refractivity (Wildman–Crippen MR) is 127 cm³/mol. The summed E-state index contributed by atoms with van der Waals surface area (Å²) in [7, 11) is 1.65. The van der Waals surface area contributed by atoms with E-state index >= 15 is 0 Å². The standard InChI is InChI=1S/C26H31N5O2/c1-33-14-12-27-26(32)24-17-30-13-11-22(24)15-23(30)16-31-18-25(28-29-31)21-9-7-20(8-10-21)19-5-3-2-4-6-19/h2-10,18,22-24H,11-17H2,1H3,(H,27,32). The Morgan fingerprint density at radius 2 is 1.85 bits per heavy atom. The number of piperidine rings is 3. The molecule has 2 bridgehead atoms. The number of hydrogen-bond acceptors (Lipinski definition) is 5. The topological polar surface area (TPSA) is 72.3 Å². The molecule has 0 radical (unpaired) electrons. The zero-order chi connectivity index (χ0) is 22.6. The zero-order valence-corrected chi connectivity index (χ0v) is 19.1. The molecule has 0 aliphatic carbocycles. The van der Waals surface area contributed by atoms with Crippen LogP contribution < -0.4 is 5.32 Å². The number of hydrogen-bond donors (Lipinski definition) is 1. The fourth-order valence-corrected chi connectivity index (χ4v) is 5.23. The second kappa shape index (κ2) is 9.85. The summed E-state index contributed by atoms with van der Waals surface area (Å²) in [6.45, 7) is 3.83. The first-order valence-corrected chi connectivity index (χ1v) is 11.8. The molecular formula is C26H31N5O2. The maximum absolute atomic E-state index is 12.6. The molecule has 3 aliphatic rings. The molecule has 3 aliphatic heterocycles. The Labute approximate surface area is 194 Å². The molecular weight excluding hydrogens is 414 g/mol. The minimum absolute atomic E-state index is 0.0845. The van der Waals surface area contributed by atoms with Crippen LogP contribution in [0.1, 0.15) is 12.8 Å². The zero-order valence-electron chi connectivity index (χ0n) is 19.1. The Hall–Kier alpha value is -3.03. The van der Waals surface area contributed by atoms with Gasteiger partial charge >= 0.3 is 0 Å². The normalized spacial score (nSPS) is 24.0. The lowest BCUT2D eigenvalue weighted by atomic mass is 9.75. The third kappa shape index (κ3) is 4.84. The van der Waals surface area contributed by atoms with Crippen molar-refractivity contribution in [1.82, 2.24) is 25.2 Å². The number of amides is 1. The summed E-state index contributed by atoms with van der Waals surface area (Å²) in [6, 6.07) is 19.3. The highest BCUT2D eigenvalue weighted by atomic mass is 16.5. The van der Waals surface area contributed by atoms with E-state index in [0.29, 0.717) is 25.1 Å². The molecule has 2 aromatic carbocycles. The smallest absolute Gasteiger partial charge is 0.224 e. The second-order valence-electron chi connectivity index (χ2n) is 9.09. The van der Waals surface area contributed by atoms with Gasteiger partial charge in [-0.15, -0.1) is 5.10 Å². The van der Waals surface area contributed by atoms with Gasteiger partial charge in [-0.3, -0.25) is 14.4 Å². The molecule has 1 aromatic heterocycles. The Kier molecular flexibility index (Phi) is 6.51. The van der Waals surface area contributed by atoms with Crippen molar-refractivity contribution in [1.29, 1.82) is 0 Å². The molecule has 4 heterocycles. The van der Waals surface area contributed by atoms with Crippen LogP contribution in [0.4, 0.5) is 0 Å². The number of aromatic nitrogens is 3. The summed E-state index contributed by atoms with van der Waals surface area (Å²) >= 11 is 0. The summed E-state index contributed by atoms with van der Waals surface area (Å²) in [5, 5.41) is 11.8. The number of nitrogens with zero attached hydrogens (tertiary/aromatic N) is 4. The molecule has 1 N–H and O–H groups in total.